The van der Waals surface area contributed by atoms with Gasteiger partial charge in [-0.2, -0.15) is 23.4 Å². The van der Waals surface area contributed by atoms with Crippen LogP contribution in [0.4, 0.5) is 13.2 Å². The van der Waals surface area contributed by atoms with Crippen molar-refractivity contribution >= 4 is 5.91 Å². The van der Waals surface area contributed by atoms with Gasteiger partial charge >= 0.3 is 6.18 Å². The molecule has 5 heterocycles. The van der Waals surface area contributed by atoms with Gasteiger partial charge in [0.15, 0.2) is 11.4 Å². The summed E-state index contributed by atoms with van der Waals surface area (Å²) in [5.74, 6) is -0.0647. The molecule has 2 aliphatic rings. The van der Waals surface area contributed by atoms with Crippen LogP contribution in [0, 0.1) is 5.92 Å². The van der Waals surface area contributed by atoms with E-state index in [2.05, 4.69) is 25.1 Å². The van der Waals surface area contributed by atoms with Crippen molar-refractivity contribution < 1.29 is 18.0 Å². The molecule has 5 rings (SSSR count). The minimum Gasteiger partial charge on any atom is -0.331 e. The Hall–Kier alpha value is -3.37. The molecule has 0 aliphatic carbocycles. The van der Waals surface area contributed by atoms with Crippen molar-refractivity contribution in [2.75, 3.05) is 0 Å². The molecular weight excluding hydrogens is 411 g/mol. The molecule has 2 aliphatic heterocycles. The first-order valence-electron chi connectivity index (χ1n) is 9.94. The Morgan fingerprint density at radius 1 is 1.06 bits per heavy atom. The van der Waals surface area contributed by atoms with Crippen LogP contribution in [0.15, 0.2) is 43.1 Å². The predicted molar refractivity (Wildman–Crippen MR) is 101 cm³/mol. The molecule has 0 saturated carbocycles. The van der Waals surface area contributed by atoms with Crippen LogP contribution in [-0.4, -0.2) is 52.8 Å². The van der Waals surface area contributed by atoms with Gasteiger partial charge in [0.1, 0.15) is 5.69 Å². The summed E-state index contributed by atoms with van der Waals surface area (Å²) in [6.07, 6.45) is 5.06. The summed E-state index contributed by atoms with van der Waals surface area (Å²) in [6, 6.07) is 3.53. The van der Waals surface area contributed by atoms with Gasteiger partial charge in [0.25, 0.3) is 5.91 Å². The second-order valence-electron chi connectivity index (χ2n) is 7.79. The molecule has 0 aromatic carbocycles. The summed E-state index contributed by atoms with van der Waals surface area (Å²) in [5, 5.41) is 8.21. The van der Waals surface area contributed by atoms with E-state index in [9.17, 15) is 18.0 Å². The van der Waals surface area contributed by atoms with E-state index < -0.39 is 11.9 Å². The highest BCUT2D eigenvalue weighted by molar-refractivity contribution is 5.96. The van der Waals surface area contributed by atoms with E-state index in [4.69, 9.17) is 0 Å². The summed E-state index contributed by atoms with van der Waals surface area (Å²) in [5.41, 5.74) is 0.285. The molecule has 3 aromatic heterocycles. The Morgan fingerprint density at radius 3 is 2.58 bits per heavy atom. The first-order valence-corrected chi connectivity index (χ1v) is 9.94. The average molecular weight is 429 g/mol. The fourth-order valence-electron chi connectivity index (χ4n) is 4.71. The van der Waals surface area contributed by atoms with Gasteiger partial charge in [0, 0.05) is 24.5 Å². The molecule has 2 fully saturated rings. The summed E-state index contributed by atoms with van der Waals surface area (Å²) in [7, 11) is 0. The largest absolute Gasteiger partial charge is 0.434 e. The molecule has 3 atom stereocenters. The van der Waals surface area contributed by atoms with Gasteiger partial charge in [-0.25, -0.2) is 9.97 Å². The zero-order valence-corrected chi connectivity index (χ0v) is 16.3. The Balaban J connectivity index is 1.36. The first kappa shape index (κ1) is 19.6. The molecule has 0 radical (unpaired) electrons. The van der Waals surface area contributed by atoms with Crippen LogP contribution in [-0.2, 0) is 12.6 Å². The lowest BCUT2D eigenvalue weighted by molar-refractivity contribution is -0.141. The third kappa shape index (κ3) is 3.53. The number of nitrogens with zero attached hydrogens (tertiary/aromatic N) is 7. The number of halogens is 3. The lowest BCUT2D eigenvalue weighted by atomic mass is 9.86. The molecule has 2 bridgehead atoms. The maximum atomic E-state index is 13.4. The molecule has 8 nitrogen and oxygen atoms in total. The topological polar surface area (TPSA) is 89.7 Å². The Morgan fingerprint density at radius 2 is 1.87 bits per heavy atom. The van der Waals surface area contributed by atoms with Crippen LogP contribution < -0.4 is 0 Å². The SMILES string of the molecule is O=C(c1ncccc1-n1nccn1)N1C2CCC1C(Cc1cnc(C(F)(F)F)cn1)C2. The van der Waals surface area contributed by atoms with Gasteiger partial charge in [-0.1, -0.05) is 0 Å². The van der Waals surface area contributed by atoms with Crippen LogP contribution in [0.5, 0.6) is 0 Å². The first-order chi connectivity index (χ1) is 14.9. The van der Waals surface area contributed by atoms with Crippen molar-refractivity contribution in [1.82, 2.24) is 34.8 Å². The van der Waals surface area contributed by atoms with E-state index in [1.807, 2.05) is 4.90 Å². The number of carbonyl (C=O) groups excluding carboxylic acids is 1. The summed E-state index contributed by atoms with van der Waals surface area (Å²) >= 11 is 0. The van der Waals surface area contributed by atoms with Crippen molar-refractivity contribution in [1.29, 1.82) is 0 Å². The molecular formula is C20H18F3N7O. The average Bonchev–Trinajstić information content (AvgIpc) is 3.50. The quantitative estimate of drug-likeness (QED) is 0.634. The van der Waals surface area contributed by atoms with E-state index in [1.54, 1.807) is 18.3 Å². The summed E-state index contributed by atoms with van der Waals surface area (Å²) in [6.45, 7) is 0. The molecule has 31 heavy (non-hydrogen) atoms. The Bertz CT molecular complexity index is 1080. The minimum atomic E-state index is -4.51. The van der Waals surface area contributed by atoms with Gasteiger partial charge in [0.2, 0.25) is 0 Å². The van der Waals surface area contributed by atoms with E-state index >= 15 is 0 Å². The number of alkyl halides is 3. The zero-order chi connectivity index (χ0) is 21.6. The van der Waals surface area contributed by atoms with Crippen LogP contribution in [0.25, 0.3) is 5.69 Å². The number of aromatic nitrogens is 6. The van der Waals surface area contributed by atoms with Gasteiger partial charge in [-0.3, -0.25) is 9.78 Å². The summed E-state index contributed by atoms with van der Waals surface area (Å²) < 4.78 is 38.2. The standard InChI is InChI=1S/C20H18F3N7O/c21-20(22,23)17-11-25-13(10-26-17)8-12-9-14-3-4-15(12)29(14)19(31)18-16(2-1-5-24-18)30-27-6-7-28-30/h1-2,5-7,10-12,14-15H,3-4,8-9H2. The number of rotatable bonds is 4. The maximum absolute atomic E-state index is 13.4. The molecule has 2 saturated heterocycles. The van der Waals surface area contributed by atoms with Gasteiger partial charge in [0.05, 0.1) is 24.3 Å². The van der Waals surface area contributed by atoms with Gasteiger partial charge < -0.3 is 4.90 Å². The van der Waals surface area contributed by atoms with Crippen molar-refractivity contribution in [2.45, 2.75) is 43.9 Å². The fourth-order valence-corrected chi connectivity index (χ4v) is 4.71. The molecule has 1 amide bonds. The zero-order valence-electron chi connectivity index (χ0n) is 16.3. The second kappa shape index (κ2) is 7.40. The summed E-state index contributed by atoms with van der Waals surface area (Å²) in [4.78, 5) is 28.4. The molecule has 160 valence electrons. The van der Waals surface area contributed by atoms with Crippen LogP contribution in [0.2, 0.25) is 0 Å². The smallest absolute Gasteiger partial charge is 0.331 e. The predicted octanol–water partition coefficient (Wildman–Crippen LogP) is 2.71. The van der Waals surface area contributed by atoms with Crippen molar-refractivity contribution in [3.8, 4) is 5.69 Å². The normalized spacial score (nSPS) is 22.8. The van der Waals surface area contributed by atoms with E-state index in [1.165, 1.54) is 23.4 Å². The van der Waals surface area contributed by atoms with Gasteiger partial charge in [-0.05, 0) is 43.7 Å². The lowest BCUT2D eigenvalue weighted by Gasteiger charge is -2.24. The van der Waals surface area contributed by atoms with E-state index in [0.29, 0.717) is 17.8 Å². The highest BCUT2D eigenvalue weighted by Gasteiger charge is 2.49. The lowest BCUT2D eigenvalue weighted by Crippen LogP contribution is -2.38. The third-order valence-corrected chi connectivity index (χ3v) is 5.99. The third-order valence-electron chi connectivity index (χ3n) is 5.99. The molecule has 3 unspecified atom stereocenters. The Labute approximate surface area is 175 Å². The monoisotopic (exact) mass is 429 g/mol. The minimum absolute atomic E-state index is 0.0120. The molecule has 3 aromatic rings. The van der Waals surface area contributed by atoms with Gasteiger partial charge in [-0.15, -0.1) is 4.80 Å². The maximum Gasteiger partial charge on any atom is 0.434 e. The molecule has 0 spiro atoms. The fraction of sp³-hybridized carbons (Fsp3) is 0.400. The van der Waals surface area contributed by atoms with Crippen molar-refractivity contribution in [3.05, 3.63) is 60.2 Å². The molecule has 0 N–H and O–H groups in total. The van der Waals surface area contributed by atoms with E-state index in [0.717, 1.165) is 25.5 Å². The Kier molecular flexibility index (Phi) is 4.67. The number of hydrogen-bond acceptors (Lipinski definition) is 6. The number of amides is 1. The van der Waals surface area contributed by atoms with Crippen LogP contribution in [0.1, 0.15) is 41.1 Å². The van der Waals surface area contributed by atoms with E-state index in [-0.39, 0.29) is 29.6 Å². The highest BCUT2D eigenvalue weighted by Crippen LogP contribution is 2.44. The number of carbonyl (C=O) groups is 1. The highest BCUT2D eigenvalue weighted by atomic mass is 19.4. The second-order valence-corrected chi connectivity index (χ2v) is 7.79. The number of pyridine rings is 1. The van der Waals surface area contributed by atoms with Crippen LogP contribution in [0.3, 0.4) is 0 Å². The van der Waals surface area contributed by atoms with Crippen molar-refractivity contribution in [2.24, 2.45) is 5.92 Å². The number of fused-ring (bicyclic) bond motifs is 2. The van der Waals surface area contributed by atoms with Crippen molar-refractivity contribution in [3.63, 3.8) is 0 Å². The molecule has 11 heteroatoms. The number of hydrogen-bond donors (Lipinski definition) is 0. The van der Waals surface area contributed by atoms with Crippen LogP contribution >= 0.6 is 0 Å².